The molecule has 0 spiro atoms. The highest BCUT2D eigenvalue weighted by Gasteiger charge is 2.34. The lowest BCUT2D eigenvalue weighted by molar-refractivity contribution is 0.0189. The Bertz CT molecular complexity index is 745. The highest BCUT2D eigenvalue weighted by Crippen LogP contribution is 2.36. The van der Waals surface area contributed by atoms with Crippen molar-refractivity contribution in [3.63, 3.8) is 0 Å². The van der Waals surface area contributed by atoms with Crippen LogP contribution in [0.1, 0.15) is 34.3 Å². The molecule has 0 saturated heterocycles. The van der Waals surface area contributed by atoms with Crippen LogP contribution < -0.4 is 10.1 Å². The molecule has 4 nitrogen and oxygen atoms in total. The van der Waals surface area contributed by atoms with Crippen LogP contribution in [0, 0.1) is 5.82 Å². The number of hydrogen-bond donors (Lipinski definition) is 2. The standard InChI is InChI=1S/C19H20FNO3/c1-24-16-8-9-17-14(11-16)3-2-10-19(17,23)12-21-18(22)13-4-6-15(20)7-5-13/h4-9,11,23H,2-3,10,12H2,1H3,(H,21,22). The summed E-state index contributed by atoms with van der Waals surface area (Å²) in [4.78, 5) is 12.2. The summed E-state index contributed by atoms with van der Waals surface area (Å²) in [7, 11) is 1.61. The Morgan fingerprint density at radius 3 is 2.75 bits per heavy atom. The van der Waals surface area contributed by atoms with E-state index in [1.165, 1.54) is 24.3 Å². The van der Waals surface area contributed by atoms with Crippen LogP contribution in [-0.4, -0.2) is 24.7 Å². The molecular formula is C19H20FNO3. The highest BCUT2D eigenvalue weighted by atomic mass is 19.1. The van der Waals surface area contributed by atoms with Crippen molar-refractivity contribution in [3.8, 4) is 5.75 Å². The van der Waals surface area contributed by atoms with E-state index in [-0.39, 0.29) is 18.3 Å². The maximum atomic E-state index is 12.9. The van der Waals surface area contributed by atoms with Crippen LogP contribution in [0.5, 0.6) is 5.75 Å². The van der Waals surface area contributed by atoms with Gasteiger partial charge in [-0.05, 0) is 66.8 Å². The molecule has 0 fully saturated rings. The van der Waals surface area contributed by atoms with E-state index in [9.17, 15) is 14.3 Å². The second-order valence-electron chi connectivity index (χ2n) is 6.10. The van der Waals surface area contributed by atoms with Crippen molar-refractivity contribution in [1.29, 1.82) is 0 Å². The lowest BCUT2D eigenvalue weighted by Crippen LogP contribution is -2.43. The third kappa shape index (κ3) is 3.26. The van der Waals surface area contributed by atoms with E-state index in [0.717, 1.165) is 29.7 Å². The number of hydrogen-bond acceptors (Lipinski definition) is 3. The molecule has 0 aliphatic heterocycles. The van der Waals surface area contributed by atoms with Crippen LogP contribution in [0.4, 0.5) is 4.39 Å². The van der Waals surface area contributed by atoms with Gasteiger partial charge in [-0.1, -0.05) is 6.07 Å². The number of amides is 1. The largest absolute Gasteiger partial charge is 0.497 e. The molecule has 1 aliphatic rings. The van der Waals surface area contributed by atoms with Gasteiger partial charge in [-0.15, -0.1) is 0 Å². The summed E-state index contributed by atoms with van der Waals surface area (Å²) in [5, 5.41) is 13.8. The van der Waals surface area contributed by atoms with Crippen molar-refractivity contribution in [3.05, 3.63) is 65.0 Å². The Hall–Kier alpha value is -2.40. The number of rotatable bonds is 4. The molecule has 5 heteroatoms. The van der Waals surface area contributed by atoms with Crippen LogP contribution in [0.15, 0.2) is 42.5 Å². The number of ether oxygens (including phenoxy) is 1. The normalized spacial score (nSPS) is 19.5. The number of nitrogens with one attached hydrogen (secondary N) is 1. The molecule has 1 atom stereocenters. The lowest BCUT2D eigenvalue weighted by atomic mass is 9.79. The van der Waals surface area contributed by atoms with Gasteiger partial charge in [0.25, 0.3) is 5.91 Å². The Morgan fingerprint density at radius 1 is 1.29 bits per heavy atom. The number of carbonyl (C=O) groups is 1. The molecule has 0 radical (unpaired) electrons. The first-order chi connectivity index (χ1) is 11.5. The zero-order valence-electron chi connectivity index (χ0n) is 13.5. The summed E-state index contributed by atoms with van der Waals surface area (Å²) in [6, 6.07) is 10.9. The van der Waals surface area contributed by atoms with Gasteiger partial charge in [-0.2, -0.15) is 0 Å². The van der Waals surface area contributed by atoms with Crippen LogP contribution in [-0.2, 0) is 12.0 Å². The zero-order valence-corrected chi connectivity index (χ0v) is 13.5. The number of benzene rings is 2. The molecule has 0 aromatic heterocycles. The summed E-state index contributed by atoms with van der Waals surface area (Å²) < 4.78 is 18.2. The van der Waals surface area contributed by atoms with Gasteiger partial charge in [-0.3, -0.25) is 4.79 Å². The van der Waals surface area contributed by atoms with Crippen LogP contribution >= 0.6 is 0 Å². The summed E-state index contributed by atoms with van der Waals surface area (Å²) in [6.07, 6.45) is 2.29. The van der Waals surface area contributed by atoms with Crippen LogP contribution in [0.3, 0.4) is 0 Å². The first kappa shape index (κ1) is 16.5. The second kappa shape index (κ2) is 6.61. The number of methoxy groups -OCH3 is 1. The summed E-state index contributed by atoms with van der Waals surface area (Å²) in [6.45, 7) is 0.114. The van der Waals surface area contributed by atoms with Crippen molar-refractivity contribution < 1.29 is 19.0 Å². The van der Waals surface area contributed by atoms with Gasteiger partial charge in [0.05, 0.1) is 13.7 Å². The predicted octanol–water partition coefficient (Wildman–Crippen LogP) is 2.79. The van der Waals surface area contributed by atoms with Gasteiger partial charge in [0.15, 0.2) is 0 Å². The highest BCUT2D eigenvalue weighted by molar-refractivity contribution is 5.94. The van der Waals surface area contributed by atoms with Gasteiger partial charge in [-0.25, -0.2) is 4.39 Å². The Morgan fingerprint density at radius 2 is 2.04 bits per heavy atom. The Kier molecular flexibility index (Phi) is 4.53. The van der Waals surface area contributed by atoms with E-state index in [2.05, 4.69) is 5.32 Å². The molecule has 0 bridgehead atoms. The predicted molar refractivity (Wildman–Crippen MR) is 88.6 cm³/mol. The molecule has 3 rings (SSSR count). The van der Waals surface area contributed by atoms with E-state index < -0.39 is 5.60 Å². The van der Waals surface area contributed by atoms with Crippen molar-refractivity contribution >= 4 is 5.91 Å². The van der Waals surface area contributed by atoms with Gasteiger partial charge in [0.1, 0.15) is 17.2 Å². The minimum absolute atomic E-state index is 0.114. The third-order valence-corrected chi connectivity index (χ3v) is 4.50. The molecule has 2 N–H and O–H groups in total. The smallest absolute Gasteiger partial charge is 0.251 e. The summed E-state index contributed by atoms with van der Waals surface area (Å²) in [5.74, 6) is 0.0396. The van der Waals surface area contributed by atoms with Crippen molar-refractivity contribution in [1.82, 2.24) is 5.32 Å². The van der Waals surface area contributed by atoms with E-state index in [1.807, 2.05) is 18.2 Å². The fraction of sp³-hybridized carbons (Fsp3) is 0.316. The fourth-order valence-electron chi connectivity index (χ4n) is 3.18. The summed E-state index contributed by atoms with van der Waals surface area (Å²) >= 11 is 0. The zero-order chi connectivity index (χ0) is 17.2. The molecule has 0 heterocycles. The minimum Gasteiger partial charge on any atom is -0.497 e. The maximum absolute atomic E-state index is 12.9. The number of carbonyl (C=O) groups excluding carboxylic acids is 1. The van der Waals surface area contributed by atoms with Gasteiger partial charge >= 0.3 is 0 Å². The molecular weight excluding hydrogens is 309 g/mol. The van der Waals surface area contributed by atoms with Crippen molar-refractivity contribution in [2.24, 2.45) is 0 Å². The topological polar surface area (TPSA) is 58.6 Å². The monoisotopic (exact) mass is 329 g/mol. The Balaban J connectivity index is 1.75. The first-order valence-corrected chi connectivity index (χ1v) is 7.95. The van der Waals surface area contributed by atoms with E-state index in [4.69, 9.17) is 4.74 Å². The van der Waals surface area contributed by atoms with Crippen LogP contribution in [0.25, 0.3) is 0 Å². The van der Waals surface area contributed by atoms with Gasteiger partial charge in [0, 0.05) is 5.56 Å². The minimum atomic E-state index is -1.10. The molecule has 1 aliphatic carbocycles. The lowest BCUT2D eigenvalue weighted by Gasteiger charge is -2.35. The average Bonchev–Trinajstić information content (AvgIpc) is 2.60. The van der Waals surface area contributed by atoms with Crippen molar-refractivity contribution in [2.45, 2.75) is 24.9 Å². The SMILES string of the molecule is COc1ccc2c(c1)CCCC2(O)CNC(=O)c1ccc(F)cc1. The molecule has 126 valence electrons. The van der Waals surface area contributed by atoms with Crippen molar-refractivity contribution in [2.75, 3.05) is 13.7 Å². The molecule has 0 saturated carbocycles. The van der Waals surface area contributed by atoms with E-state index in [1.54, 1.807) is 7.11 Å². The average molecular weight is 329 g/mol. The third-order valence-electron chi connectivity index (χ3n) is 4.50. The number of fused-ring (bicyclic) bond motifs is 1. The number of aryl methyl sites for hydroxylation is 1. The molecule has 2 aromatic carbocycles. The number of halogens is 1. The van der Waals surface area contributed by atoms with Gasteiger partial charge < -0.3 is 15.2 Å². The van der Waals surface area contributed by atoms with E-state index >= 15 is 0 Å². The van der Waals surface area contributed by atoms with Crippen LogP contribution in [0.2, 0.25) is 0 Å². The first-order valence-electron chi connectivity index (χ1n) is 7.95. The quantitative estimate of drug-likeness (QED) is 0.907. The summed E-state index contributed by atoms with van der Waals surface area (Å²) in [5.41, 5.74) is 1.13. The fourth-order valence-corrected chi connectivity index (χ4v) is 3.18. The van der Waals surface area contributed by atoms with Gasteiger partial charge in [0.2, 0.25) is 0 Å². The second-order valence-corrected chi connectivity index (χ2v) is 6.10. The maximum Gasteiger partial charge on any atom is 0.251 e. The molecule has 24 heavy (non-hydrogen) atoms. The van der Waals surface area contributed by atoms with E-state index in [0.29, 0.717) is 12.0 Å². The molecule has 1 amide bonds. The molecule has 2 aromatic rings. The Labute approximate surface area is 140 Å². The number of aliphatic hydroxyl groups is 1. The molecule has 1 unspecified atom stereocenters.